The number of nitrogens with one attached hydrogen (secondary N) is 1. The summed E-state index contributed by atoms with van der Waals surface area (Å²) in [5, 5.41) is 1.78. The van der Waals surface area contributed by atoms with E-state index in [1.54, 1.807) is 5.32 Å². The fourth-order valence-electron chi connectivity index (χ4n) is 1.05. The third-order valence-corrected chi connectivity index (χ3v) is 2.48. The van der Waals surface area contributed by atoms with E-state index in [-0.39, 0.29) is 15.2 Å². The minimum atomic E-state index is -3.29. The molecule has 0 heterocycles. The number of halogens is 6. The maximum atomic E-state index is 12.1. The van der Waals surface area contributed by atoms with Crippen LogP contribution in [0.15, 0.2) is 16.6 Å². The summed E-state index contributed by atoms with van der Waals surface area (Å²) >= 11 is 8.48. The van der Waals surface area contributed by atoms with Gasteiger partial charge in [-0.15, -0.1) is 0 Å². The van der Waals surface area contributed by atoms with Crippen LogP contribution in [0.3, 0.4) is 0 Å². The Morgan fingerprint density at radius 2 is 1.94 bits per heavy atom. The number of hydrogen-bond acceptors (Lipinski definition) is 2. The minimum absolute atomic E-state index is 0.000124. The highest BCUT2D eigenvalue weighted by molar-refractivity contribution is 9.10. The van der Waals surface area contributed by atoms with Crippen LogP contribution >= 0.6 is 27.5 Å². The van der Waals surface area contributed by atoms with Gasteiger partial charge in [0, 0.05) is 5.02 Å². The zero-order valence-electron chi connectivity index (χ0n) is 8.39. The number of rotatable bonds is 4. The molecule has 0 unspecified atom stereocenters. The molecule has 0 spiro atoms. The van der Waals surface area contributed by atoms with Crippen molar-refractivity contribution in [2.45, 2.75) is 13.0 Å². The number of alkyl halides is 4. The van der Waals surface area contributed by atoms with Crippen molar-refractivity contribution >= 4 is 39.1 Å². The minimum Gasteiger partial charge on any atom is -0.431 e. The lowest BCUT2D eigenvalue weighted by molar-refractivity contribution is -0.126. The third-order valence-electron chi connectivity index (χ3n) is 1.67. The van der Waals surface area contributed by atoms with Gasteiger partial charge >= 0.3 is 13.0 Å². The molecule has 1 aromatic rings. The van der Waals surface area contributed by atoms with Crippen molar-refractivity contribution < 1.29 is 27.1 Å². The van der Waals surface area contributed by atoms with Crippen LogP contribution < -0.4 is 10.1 Å². The Hall–Kier alpha value is -1.02. The standard InChI is InChI=1S/C9H5BrClF4NO2/c10-4-1-3(11)2-5(6(4)18-9(14)15)16-8(17)7(12)13/h1-2,7,9H,(H,16,17). The fourth-order valence-corrected chi connectivity index (χ4v) is 1.95. The molecule has 0 saturated carbocycles. The summed E-state index contributed by atoms with van der Waals surface area (Å²) in [5.41, 5.74) is -0.375. The Morgan fingerprint density at radius 3 is 2.44 bits per heavy atom. The second-order valence-corrected chi connectivity index (χ2v) is 4.22. The van der Waals surface area contributed by atoms with E-state index in [0.29, 0.717) is 0 Å². The van der Waals surface area contributed by atoms with Gasteiger partial charge in [-0.3, -0.25) is 4.79 Å². The molecule has 1 amide bonds. The third kappa shape index (κ3) is 4.02. The molecule has 18 heavy (non-hydrogen) atoms. The van der Waals surface area contributed by atoms with Crippen molar-refractivity contribution in [3.63, 3.8) is 0 Å². The monoisotopic (exact) mass is 349 g/mol. The molecule has 1 rings (SSSR count). The average molecular weight is 350 g/mol. The lowest BCUT2D eigenvalue weighted by Gasteiger charge is -2.13. The highest BCUT2D eigenvalue weighted by Crippen LogP contribution is 2.37. The van der Waals surface area contributed by atoms with E-state index in [0.717, 1.165) is 6.07 Å². The van der Waals surface area contributed by atoms with E-state index < -0.39 is 24.7 Å². The Bertz CT molecular complexity index is 458. The van der Waals surface area contributed by atoms with Gasteiger partial charge in [-0.05, 0) is 28.1 Å². The number of carbonyl (C=O) groups is 1. The van der Waals surface area contributed by atoms with Crippen molar-refractivity contribution in [2.24, 2.45) is 0 Å². The maximum Gasteiger partial charge on any atom is 0.387 e. The number of carbonyl (C=O) groups excluding carboxylic acids is 1. The molecule has 0 saturated heterocycles. The van der Waals surface area contributed by atoms with Gasteiger partial charge in [-0.1, -0.05) is 11.6 Å². The molecule has 0 bridgehead atoms. The Morgan fingerprint density at radius 1 is 1.33 bits per heavy atom. The molecular weight excluding hydrogens is 345 g/mol. The maximum absolute atomic E-state index is 12.1. The zero-order chi connectivity index (χ0) is 13.9. The van der Waals surface area contributed by atoms with Gasteiger partial charge in [0.05, 0.1) is 10.2 Å². The second-order valence-electron chi connectivity index (χ2n) is 2.93. The number of amides is 1. The predicted octanol–water partition coefficient (Wildman–Crippen LogP) is 3.91. The largest absolute Gasteiger partial charge is 0.431 e. The molecule has 0 aromatic heterocycles. The van der Waals surface area contributed by atoms with Gasteiger partial charge in [0.2, 0.25) is 0 Å². The lowest BCUT2D eigenvalue weighted by atomic mass is 10.3. The molecule has 3 nitrogen and oxygen atoms in total. The van der Waals surface area contributed by atoms with Crippen molar-refractivity contribution in [2.75, 3.05) is 5.32 Å². The van der Waals surface area contributed by atoms with E-state index in [9.17, 15) is 22.4 Å². The van der Waals surface area contributed by atoms with Crippen molar-refractivity contribution in [1.82, 2.24) is 0 Å². The summed E-state index contributed by atoms with van der Waals surface area (Å²) in [6.07, 6.45) is -3.29. The molecule has 0 fully saturated rings. The van der Waals surface area contributed by atoms with Crippen LogP contribution in [0.5, 0.6) is 5.75 Å². The molecular formula is C9H5BrClF4NO2. The SMILES string of the molecule is O=C(Nc1cc(Cl)cc(Br)c1OC(F)F)C(F)F. The van der Waals surface area contributed by atoms with E-state index in [4.69, 9.17) is 11.6 Å². The second kappa shape index (κ2) is 6.24. The van der Waals surface area contributed by atoms with Gasteiger partial charge in [0.15, 0.2) is 5.75 Å². The average Bonchev–Trinajstić information content (AvgIpc) is 2.22. The summed E-state index contributed by atoms with van der Waals surface area (Å²) in [4.78, 5) is 10.8. The van der Waals surface area contributed by atoms with Crippen LogP contribution in [-0.4, -0.2) is 18.9 Å². The molecule has 0 atom stereocenters. The van der Waals surface area contributed by atoms with Crippen molar-refractivity contribution in [3.05, 3.63) is 21.6 Å². The number of anilines is 1. The topological polar surface area (TPSA) is 38.3 Å². The highest BCUT2D eigenvalue weighted by atomic mass is 79.9. The van der Waals surface area contributed by atoms with Crippen LogP contribution in [0, 0.1) is 0 Å². The summed E-state index contributed by atoms with van der Waals surface area (Å²) in [6.45, 7) is -3.18. The lowest BCUT2D eigenvalue weighted by Crippen LogP contribution is -2.21. The van der Waals surface area contributed by atoms with E-state index in [2.05, 4.69) is 20.7 Å². The normalized spacial score (nSPS) is 10.9. The number of benzene rings is 1. The first-order chi connectivity index (χ1) is 8.31. The van der Waals surface area contributed by atoms with E-state index >= 15 is 0 Å². The molecule has 9 heteroatoms. The van der Waals surface area contributed by atoms with Crippen molar-refractivity contribution in [3.8, 4) is 5.75 Å². The van der Waals surface area contributed by atoms with E-state index in [1.165, 1.54) is 6.07 Å². The number of ether oxygens (including phenoxy) is 1. The van der Waals surface area contributed by atoms with Crippen LogP contribution in [0.4, 0.5) is 23.2 Å². The predicted molar refractivity (Wildman–Crippen MR) is 60.4 cm³/mol. The molecule has 0 radical (unpaired) electrons. The number of hydrogen-bond donors (Lipinski definition) is 1. The van der Waals surface area contributed by atoms with Gasteiger partial charge in [0.1, 0.15) is 0 Å². The summed E-state index contributed by atoms with van der Waals surface area (Å²) in [5.74, 6) is -2.13. The first-order valence-electron chi connectivity index (χ1n) is 4.34. The molecule has 0 aliphatic heterocycles. The fraction of sp³-hybridized carbons (Fsp3) is 0.222. The smallest absolute Gasteiger partial charge is 0.387 e. The van der Waals surface area contributed by atoms with Gasteiger partial charge in [-0.2, -0.15) is 17.6 Å². The van der Waals surface area contributed by atoms with Crippen LogP contribution in [-0.2, 0) is 4.79 Å². The Balaban J connectivity index is 3.11. The first-order valence-corrected chi connectivity index (χ1v) is 5.51. The van der Waals surface area contributed by atoms with Crippen molar-refractivity contribution in [1.29, 1.82) is 0 Å². The zero-order valence-corrected chi connectivity index (χ0v) is 10.7. The van der Waals surface area contributed by atoms with Crippen LogP contribution in [0.25, 0.3) is 0 Å². The van der Waals surface area contributed by atoms with Gasteiger partial charge in [-0.25, -0.2) is 0 Å². The summed E-state index contributed by atoms with van der Waals surface area (Å²) in [7, 11) is 0. The van der Waals surface area contributed by atoms with Gasteiger partial charge < -0.3 is 10.1 Å². The molecule has 1 aromatic carbocycles. The van der Waals surface area contributed by atoms with Gasteiger partial charge in [0.25, 0.3) is 5.91 Å². The Labute approximate surface area is 112 Å². The quantitative estimate of drug-likeness (QED) is 0.836. The van der Waals surface area contributed by atoms with E-state index in [1.807, 2.05) is 0 Å². The van der Waals surface area contributed by atoms with Crippen LogP contribution in [0.1, 0.15) is 0 Å². The first kappa shape index (κ1) is 15.0. The summed E-state index contributed by atoms with van der Waals surface area (Å²) in [6, 6.07) is 2.24. The molecule has 100 valence electrons. The molecule has 1 N–H and O–H groups in total. The molecule has 0 aliphatic rings. The van der Waals surface area contributed by atoms with Crippen LogP contribution in [0.2, 0.25) is 5.02 Å². The Kier molecular flexibility index (Phi) is 5.21. The highest BCUT2D eigenvalue weighted by Gasteiger charge is 2.20. The molecule has 0 aliphatic carbocycles. The summed E-state index contributed by atoms with van der Waals surface area (Å²) < 4.78 is 52.5.